The van der Waals surface area contributed by atoms with Crippen molar-refractivity contribution in [1.82, 2.24) is 10.6 Å². The molecule has 3 amide bonds. The molecule has 0 bridgehead atoms. The van der Waals surface area contributed by atoms with Gasteiger partial charge in [0.25, 0.3) is 5.91 Å². The summed E-state index contributed by atoms with van der Waals surface area (Å²) in [5.41, 5.74) is 1.34. The van der Waals surface area contributed by atoms with Crippen molar-refractivity contribution in [1.29, 1.82) is 0 Å². The zero-order valence-electron chi connectivity index (χ0n) is 15.8. The topological polar surface area (TPSA) is 113 Å². The number of imide groups is 1. The van der Waals surface area contributed by atoms with Crippen molar-refractivity contribution in [2.45, 2.75) is 57.4 Å². The van der Waals surface area contributed by atoms with Crippen LogP contribution in [0.3, 0.4) is 0 Å². The van der Waals surface area contributed by atoms with Crippen LogP contribution in [0.1, 0.15) is 60.9 Å². The van der Waals surface area contributed by atoms with Gasteiger partial charge in [-0.25, -0.2) is 0 Å². The minimum absolute atomic E-state index is 0.194. The van der Waals surface area contributed by atoms with Crippen molar-refractivity contribution in [2.75, 3.05) is 0 Å². The molecule has 1 aromatic carbocycles. The first kappa shape index (κ1) is 20.0. The molecule has 2 fully saturated rings. The molecule has 150 valence electrons. The van der Waals surface area contributed by atoms with Crippen LogP contribution in [-0.2, 0) is 20.8 Å². The maximum absolute atomic E-state index is 12.6. The highest BCUT2D eigenvalue weighted by Crippen LogP contribution is 2.24. The Morgan fingerprint density at radius 1 is 1.04 bits per heavy atom. The first-order valence-corrected chi connectivity index (χ1v) is 9.90. The molecule has 1 saturated carbocycles. The summed E-state index contributed by atoms with van der Waals surface area (Å²) in [6.45, 7) is 0. The van der Waals surface area contributed by atoms with E-state index in [0.29, 0.717) is 24.8 Å². The first-order valence-electron chi connectivity index (χ1n) is 9.90. The lowest BCUT2D eigenvalue weighted by Crippen LogP contribution is -2.43. The van der Waals surface area contributed by atoms with E-state index in [9.17, 15) is 24.3 Å². The summed E-state index contributed by atoms with van der Waals surface area (Å²) in [7, 11) is 0. The van der Waals surface area contributed by atoms with Gasteiger partial charge in [-0.05, 0) is 37.0 Å². The van der Waals surface area contributed by atoms with Crippen LogP contribution >= 0.6 is 0 Å². The van der Waals surface area contributed by atoms with E-state index in [-0.39, 0.29) is 36.1 Å². The van der Waals surface area contributed by atoms with Gasteiger partial charge in [-0.1, -0.05) is 37.8 Å². The van der Waals surface area contributed by atoms with E-state index in [2.05, 4.69) is 10.6 Å². The Bertz CT molecular complexity index is 759. The van der Waals surface area contributed by atoms with E-state index < -0.39 is 11.9 Å². The van der Waals surface area contributed by atoms with Crippen molar-refractivity contribution in [3.8, 4) is 0 Å². The summed E-state index contributed by atoms with van der Waals surface area (Å²) in [5, 5.41) is 14.7. The number of amides is 3. The standard InChI is InChI=1S/C21H26N2O5/c24-18-12-15(20(26)23-18)11-13-7-9-14(10-8-13)19(25)22-17-6-4-2-1-3-5-16(17)21(27)28/h7-10,15-17H,1-6,11-12H2,(H,22,25)(H,27,28)(H,23,24,26). The van der Waals surface area contributed by atoms with Crippen molar-refractivity contribution in [3.63, 3.8) is 0 Å². The second-order valence-electron chi connectivity index (χ2n) is 7.73. The number of carbonyl (C=O) groups is 4. The van der Waals surface area contributed by atoms with Gasteiger partial charge in [-0.3, -0.25) is 24.5 Å². The molecule has 1 saturated heterocycles. The first-order chi connectivity index (χ1) is 13.4. The Morgan fingerprint density at radius 3 is 2.32 bits per heavy atom. The van der Waals surface area contributed by atoms with Crippen LogP contribution in [0.4, 0.5) is 0 Å². The second kappa shape index (κ2) is 8.99. The fourth-order valence-electron chi connectivity index (χ4n) is 4.05. The van der Waals surface area contributed by atoms with E-state index in [1.54, 1.807) is 24.3 Å². The zero-order chi connectivity index (χ0) is 20.1. The van der Waals surface area contributed by atoms with Crippen LogP contribution in [0.25, 0.3) is 0 Å². The molecular weight excluding hydrogens is 360 g/mol. The number of carbonyl (C=O) groups excluding carboxylic acids is 3. The maximum atomic E-state index is 12.6. The average molecular weight is 386 g/mol. The molecule has 7 nitrogen and oxygen atoms in total. The van der Waals surface area contributed by atoms with Gasteiger partial charge in [0, 0.05) is 18.0 Å². The minimum Gasteiger partial charge on any atom is -0.481 e. The third-order valence-corrected chi connectivity index (χ3v) is 5.66. The summed E-state index contributed by atoms with van der Waals surface area (Å²) in [4.78, 5) is 47.2. The lowest BCUT2D eigenvalue weighted by Gasteiger charge is -2.27. The van der Waals surface area contributed by atoms with Crippen LogP contribution in [-0.4, -0.2) is 34.8 Å². The molecule has 1 aliphatic heterocycles. The number of carboxylic acids is 1. The third kappa shape index (κ3) is 4.97. The van der Waals surface area contributed by atoms with Crippen molar-refractivity contribution in [2.24, 2.45) is 11.8 Å². The molecule has 7 heteroatoms. The smallest absolute Gasteiger partial charge is 0.308 e. The van der Waals surface area contributed by atoms with Crippen molar-refractivity contribution >= 4 is 23.7 Å². The van der Waals surface area contributed by atoms with Crippen molar-refractivity contribution in [3.05, 3.63) is 35.4 Å². The number of hydrogen-bond donors (Lipinski definition) is 3. The van der Waals surface area contributed by atoms with Gasteiger partial charge >= 0.3 is 5.97 Å². The summed E-state index contributed by atoms with van der Waals surface area (Å²) in [6.07, 6.45) is 5.78. The Balaban J connectivity index is 1.62. The molecule has 1 aliphatic carbocycles. The zero-order valence-corrected chi connectivity index (χ0v) is 15.8. The lowest BCUT2D eigenvalue weighted by molar-refractivity contribution is -0.143. The quantitative estimate of drug-likeness (QED) is 0.671. The number of nitrogens with one attached hydrogen (secondary N) is 2. The molecular formula is C21H26N2O5. The van der Waals surface area contributed by atoms with E-state index in [0.717, 1.165) is 31.2 Å². The number of aliphatic carboxylic acids is 1. The van der Waals surface area contributed by atoms with E-state index in [4.69, 9.17) is 0 Å². The molecule has 1 heterocycles. The molecule has 3 N–H and O–H groups in total. The largest absolute Gasteiger partial charge is 0.481 e. The molecule has 0 spiro atoms. The van der Waals surface area contributed by atoms with Crippen LogP contribution in [0, 0.1) is 11.8 Å². The Morgan fingerprint density at radius 2 is 1.71 bits per heavy atom. The molecule has 0 aromatic heterocycles. The van der Waals surface area contributed by atoms with Gasteiger partial charge in [0.1, 0.15) is 0 Å². The van der Waals surface area contributed by atoms with Crippen LogP contribution in [0.2, 0.25) is 0 Å². The number of hydrogen-bond acceptors (Lipinski definition) is 4. The molecule has 28 heavy (non-hydrogen) atoms. The van der Waals surface area contributed by atoms with Crippen LogP contribution < -0.4 is 10.6 Å². The molecule has 0 radical (unpaired) electrons. The summed E-state index contributed by atoms with van der Waals surface area (Å²) < 4.78 is 0. The number of benzene rings is 1. The van der Waals surface area contributed by atoms with Gasteiger partial charge in [0.15, 0.2) is 0 Å². The van der Waals surface area contributed by atoms with Gasteiger partial charge in [-0.2, -0.15) is 0 Å². The third-order valence-electron chi connectivity index (χ3n) is 5.66. The summed E-state index contributed by atoms with van der Waals surface area (Å²) in [6, 6.07) is 6.55. The predicted octanol–water partition coefficient (Wildman–Crippen LogP) is 2.05. The minimum atomic E-state index is -0.855. The summed E-state index contributed by atoms with van der Waals surface area (Å²) >= 11 is 0. The number of carboxylic acid groups (broad SMARTS) is 1. The Kier molecular flexibility index (Phi) is 6.44. The molecule has 3 atom stereocenters. The molecule has 1 aromatic rings. The highest BCUT2D eigenvalue weighted by molar-refractivity contribution is 6.03. The molecule has 2 aliphatic rings. The normalized spacial score (nSPS) is 25.5. The van der Waals surface area contributed by atoms with Gasteiger partial charge < -0.3 is 10.4 Å². The Labute approximate surface area is 163 Å². The highest BCUT2D eigenvalue weighted by atomic mass is 16.4. The summed E-state index contributed by atoms with van der Waals surface area (Å²) in [5.74, 6) is -2.56. The fourth-order valence-corrected chi connectivity index (χ4v) is 4.05. The number of rotatable bonds is 5. The molecule has 3 unspecified atom stereocenters. The monoisotopic (exact) mass is 386 g/mol. The van der Waals surface area contributed by atoms with Gasteiger partial charge in [-0.15, -0.1) is 0 Å². The second-order valence-corrected chi connectivity index (χ2v) is 7.73. The Hall–Kier alpha value is -2.70. The fraction of sp³-hybridized carbons (Fsp3) is 0.524. The van der Waals surface area contributed by atoms with Crippen molar-refractivity contribution < 1.29 is 24.3 Å². The van der Waals surface area contributed by atoms with E-state index in [1.807, 2.05) is 0 Å². The average Bonchev–Trinajstić information content (AvgIpc) is 2.94. The highest BCUT2D eigenvalue weighted by Gasteiger charge is 2.31. The van der Waals surface area contributed by atoms with Gasteiger partial charge in [0.05, 0.1) is 11.8 Å². The van der Waals surface area contributed by atoms with Crippen LogP contribution in [0.5, 0.6) is 0 Å². The SMILES string of the molecule is O=C1CC(Cc2ccc(C(=O)NC3CCCCCCC3C(=O)O)cc2)C(=O)N1. The maximum Gasteiger partial charge on any atom is 0.308 e. The van der Waals surface area contributed by atoms with E-state index >= 15 is 0 Å². The predicted molar refractivity (Wildman–Crippen MR) is 101 cm³/mol. The lowest BCUT2D eigenvalue weighted by atomic mass is 9.86. The molecule has 3 rings (SSSR count). The van der Waals surface area contributed by atoms with Crippen LogP contribution in [0.15, 0.2) is 24.3 Å². The van der Waals surface area contributed by atoms with E-state index in [1.165, 1.54) is 0 Å². The van der Waals surface area contributed by atoms with Gasteiger partial charge in [0.2, 0.25) is 11.8 Å².